The fourth-order valence-electron chi connectivity index (χ4n) is 6.01. The summed E-state index contributed by atoms with van der Waals surface area (Å²) in [5.74, 6) is 1.88. The number of hydrogen-bond donors (Lipinski definition) is 0. The maximum atomic E-state index is 6.81. The van der Waals surface area contributed by atoms with Gasteiger partial charge in [0.1, 0.15) is 5.75 Å². The summed E-state index contributed by atoms with van der Waals surface area (Å²) in [6.45, 7) is 0. The summed E-state index contributed by atoms with van der Waals surface area (Å²) in [6, 6.07) is 32.7. The summed E-state index contributed by atoms with van der Waals surface area (Å²) in [5.41, 5.74) is 8.59. The Morgan fingerprint density at radius 1 is 0.676 bits per heavy atom. The Morgan fingerprint density at radius 3 is 2.21 bits per heavy atom. The van der Waals surface area contributed by atoms with Crippen molar-refractivity contribution in [1.82, 2.24) is 4.57 Å². The van der Waals surface area contributed by atoms with Crippen LogP contribution in [0.25, 0.3) is 55.5 Å². The first kappa shape index (κ1) is 18.2. The predicted octanol–water partition coefficient (Wildman–Crippen LogP) is 8.67. The molecule has 0 saturated heterocycles. The van der Waals surface area contributed by atoms with Gasteiger partial charge in [-0.15, -0.1) is 0 Å². The SMILES string of the molecule is C1=Cc2cc3c4c(cccc4c2CC1)-c1cccc(-n2c4ccccc4c4ccccc42)c1O3. The molecule has 0 atom stereocenters. The van der Waals surface area contributed by atoms with Crippen LogP contribution in [0.2, 0.25) is 0 Å². The Bertz CT molecular complexity index is 1780. The standard InChI is InChI=1S/C32H21NO/c1-2-10-21-20(9-1)19-30-31-24(21)13-7-14-25(31)26-15-8-18-29(32(26)34-30)33-27-16-5-3-11-22(27)23-12-4-6-17-28(23)33/h1,3-9,11-19H,2,10H2. The van der Waals surface area contributed by atoms with Gasteiger partial charge >= 0.3 is 0 Å². The van der Waals surface area contributed by atoms with E-state index in [4.69, 9.17) is 4.74 Å². The molecule has 0 amide bonds. The van der Waals surface area contributed by atoms with E-state index >= 15 is 0 Å². The molecule has 1 aromatic heterocycles. The lowest BCUT2D eigenvalue weighted by Gasteiger charge is -2.26. The summed E-state index contributed by atoms with van der Waals surface area (Å²) in [7, 11) is 0. The lowest BCUT2D eigenvalue weighted by atomic mass is 9.87. The van der Waals surface area contributed by atoms with E-state index in [1.54, 1.807) is 0 Å². The number of allylic oxidation sites excluding steroid dienone is 1. The van der Waals surface area contributed by atoms with Crippen LogP contribution in [0.4, 0.5) is 0 Å². The van der Waals surface area contributed by atoms with Crippen LogP contribution in [-0.2, 0) is 6.42 Å². The zero-order chi connectivity index (χ0) is 22.2. The number of nitrogens with zero attached hydrogens (tertiary/aromatic N) is 1. The summed E-state index contributed by atoms with van der Waals surface area (Å²) in [6.07, 6.45) is 6.70. The van der Waals surface area contributed by atoms with Crippen LogP contribution >= 0.6 is 0 Å². The molecule has 0 saturated carbocycles. The van der Waals surface area contributed by atoms with E-state index in [9.17, 15) is 0 Å². The van der Waals surface area contributed by atoms with E-state index in [-0.39, 0.29) is 0 Å². The van der Waals surface area contributed by atoms with E-state index in [0.717, 1.165) is 35.6 Å². The van der Waals surface area contributed by atoms with Crippen molar-refractivity contribution in [2.24, 2.45) is 0 Å². The summed E-state index contributed by atoms with van der Waals surface area (Å²) < 4.78 is 9.17. The molecule has 2 aliphatic rings. The van der Waals surface area contributed by atoms with Crippen molar-refractivity contribution in [3.63, 3.8) is 0 Å². The number of fused-ring (bicyclic) bond motifs is 7. The van der Waals surface area contributed by atoms with E-state index < -0.39 is 0 Å². The van der Waals surface area contributed by atoms with Crippen LogP contribution in [0, 0.1) is 0 Å². The smallest absolute Gasteiger partial charge is 0.159 e. The van der Waals surface area contributed by atoms with Crippen molar-refractivity contribution in [3.8, 4) is 28.3 Å². The molecule has 1 aliphatic carbocycles. The lowest BCUT2D eigenvalue weighted by molar-refractivity contribution is 0.484. The number of para-hydroxylation sites is 3. The minimum Gasteiger partial charge on any atom is -0.454 e. The summed E-state index contributed by atoms with van der Waals surface area (Å²) in [5, 5.41) is 5.08. The molecule has 2 heteroatoms. The second-order valence-corrected chi connectivity index (χ2v) is 9.24. The van der Waals surface area contributed by atoms with Crippen molar-refractivity contribution < 1.29 is 4.74 Å². The van der Waals surface area contributed by atoms with Gasteiger partial charge in [0.2, 0.25) is 0 Å². The van der Waals surface area contributed by atoms with E-state index in [2.05, 4.69) is 108 Å². The third-order valence-corrected chi connectivity index (χ3v) is 7.45. The quantitative estimate of drug-likeness (QED) is 0.252. The first-order valence-corrected chi connectivity index (χ1v) is 11.9. The Balaban J connectivity index is 1.48. The van der Waals surface area contributed by atoms with E-state index in [0.29, 0.717) is 0 Å². The van der Waals surface area contributed by atoms with Gasteiger partial charge in [-0.25, -0.2) is 0 Å². The normalized spacial score (nSPS) is 13.8. The molecule has 2 nitrogen and oxygen atoms in total. The van der Waals surface area contributed by atoms with Gasteiger partial charge in [0.05, 0.1) is 16.7 Å². The molecule has 6 aromatic rings. The molecular formula is C32H21NO. The van der Waals surface area contributed by atoms with Crippen molar-refractivity contribution in [2.45, 2.75) is 12.8 Å². The van der Waals surface area contributed by atoms with Crippen molar-refractivity contribution in [3.05, 3.63) is 108 Å². The molecule has 1 aliphatic heterocycles. The maximum Gasteiger partial charge on any atom is 0.159 e. The van der Waals surface area contributed by atoms with E-state index in [1.165, 1.54) is 49.3 Å². The highest BCUT2D eigenvalue weighted by Crippen LogP contribution is 2.51. The fourth-order valence-corrected chi connectivity index (χ4v) is 6.01. The molecule has 0 spiro atoms. The number of aryl methyl sites for hydroxylation is 1. The molecule has 0 unspecified atom stereocenters. The van der Waals surface area contributed by atoms with Crippen LogP contribution in [0.5, 0.6) is 11.5 Å². The van der Waals surface area contributed by atoms with Crippen LogP contribution < -0.4 is 4.74 Å². The van der Waals surface area contributed by atoms with Gasteiger partial charge in [-0.1, -0.05) is 78.9 Å². The molecule has 0 N–H and O–H groups in total. The molecule has 5 aromatic carbocycles. The zero-order valence-corrected chi connectivity index (χ0v) is 18.6. The first-order valence-electron chi connectivity index (χ1n) is 11.9. The van der Waals surface area contributed by atoms with E-state index in [1.807, 2.05) is 0 Å². The second-order valence-electron chi connectivity index (χ2n) is 9.24. The van der Waals surface area contributed by atoms with Crippen LogP contribution in [0.15, 0.2) is 97.1 Å². The molecule has 34 heavy (non-hydrogen) atoms. The highest BCUT2D eigenvalue weighted by Gasteiger charge is 2.26. The van der Waals surface area contributed by atoms with Gasteiger partial charge in [0.15, 0.2) is 5.75 Å². The monoisotopic (exact) mass is 435 g/mol. The van der Waals surface area contributed by atoms with Gasteiger partial charge < -0.3 is 9.30 Å². The molecule has 0 radical (unpaired) electrons. The minimum atomic E-state index is 0.925. The van der Waals surface area contributed by atoms with Gasteiger partial charge in [-0.05, 0) is 59.2 Å². The number of ether oxygens (including phenoxy) is 1. The predicted molar refractivity (Wildman–Crippen MR) is 141 cm³/mol. The molecule has 2 heterocycles. The highest BCUT2D eigenvalue weighted by atomic mass is 16.5. The van der Waals surface area contributed by atoms with Gasteiger partial charge in [-0.3, -0.25) is 0 Å². The van der Waals surface area contributed by atoms with Crippen LogP contribution in [0.1, 0.15) is 17.5 Å². The second kappa shape index (κ2) is 6.61. The fraction of sp³-hybridized carbons (Fsp3) is 0.0625. The topological polar surface area (TPSA) is 14.2 Å². The Labute approximate surface area is 197 Å². The number of rotatable bonds is 1. The molecule has 0 fully saturated rings. The Hall–Kier alpha value is -4.30. The van der Waals surface area contributed by atoms with Crippen molar-refractivity contribution >= 4 is 38.7 Å². The maximum absolute atomic E-state index is 6.81. The largest absolute Gasteiger partial charge is 0.454 e. The summed E-state index contributed by atoms with van der Waals surface area (Å²) >= 11 is 0. The molecule has 8 rings (SSSR count). The molecule has 0 bridgehead atoms. The van der Waals surface area contributed by atoms with Gasteiger partial charge in [0, 0.05) is 21.7 Å². The zero-order valence-electron chi connectivity index (χ0n) is 18.6. The number of hydrogen-bond acceptors (Lipinski definition) is 1. The van der Waals surface area contributed by atoms with Gasteiger partial charge in [-0.2, -0.15) is 0 Å². The van der Waals surface area contributed by atoms with Crippen molar-refractivity contribution in [1.29, 1.82) is 0 Å². The summed E-state index contributed by atoms with van der Waals surface area (Å²) in [4.78, 5) is 0. The minimum absolute atomic E-state index is 0.925. The average molecular weight is 436 g/mol. The van der Waals surface area contributed by atoms with Gasteiger partial charge in [0.25, 0.3) is 0 Å². The third-order valence-electron chi connectivity index (χ3n) is 7.45. The molecular weight excluding hydrogens is 414 g/mol. The number of aromatic nitrogens is 1. The highest BCUT2D eigenvalue weighted by molar-refractivity contribution is 6.11. The first-order chi connectivity index (χ1) is 16.9. The average Bonchev–Trinajstić information content (AvgIpc) is 3.23. The number of benzene rings is 5. The Kier molecular flexibility index (Phi) is 3.53. The van der Waals surface area contributed by atoms with Crippen molar-refractivity contribution in [2.75, 3.05) is 0 Å². The third kappa shape index (κ3) is 2.30. The van der Waals surface area contributed by atoms with Crippen LogP contribution in [0.3, 0.4) is 0 Å². The lowest BCUT2D eigenvalue weighted by Crippen LogP contribution is -2.05. The van der Waals surface area contributed by atoms with Crippen LogP contribution in [-0.4, -0.2) is 4.57 Å². The Morgan fingerprint density at radius 2 is 1.38 bits per heavy atom. The molecule has 160 valence electrons.